The van der Waals surface area contributed by atoms with Crippen LogP contribution in [0.1, 0.15) is 19.3 Å². The van der Waals surface area contributed by atoms with Crippen molar-refractivity contribution in [1.82, 2.24) is 10.2 Å². The zero-order chi connectivity index (χ0) is 14.8. The summed E-state index contributed by atoms with van der Waals surface area (Å²) in [6.45, 7) is 1.36. The standard InChI is InChI=1S/C15H20N4O2/c16-11-2-1-3-12(8-11)17-15(21)19-7-6-13-10(9-19)4-5-14(20)18-13/h1-3,8,10,13H,4-7,9,16H2,(H,17,21)(H,18,20). The summed E-state index contributed by atoms with van der Waals surface area (Å²) in [7, 11) is 0. The van der Waals surface area contributed by atoms with Crippen LogP contribution in [0.25, 0.3) is 0 Å². The number of nitrogens with one attached hydrogen (secondary N) is 2. The molecule has 21 heavy (non-hydrogen) atoms. The van der Waals surface area contributed by atoms with Crippen LogP contribution in [0.5, 0.6) is 0 Å². The molecule has 0 saturated carbocycles. The second-order valence-corrected chi connectivity index (χ2v) is 5.76. The average molecular weight is 288 g/mol. The van der Waals surface area contributed by atoms with Crippen molar-refractivity contribution >= 4 is 23.3 Å². The quantitative estimate of drug-likeness (QED) is 0.683. The fraction of sp³-hybridized carbons (Fsp3) is 0.467. The van der Waals surface area contributed by atoms with E-state index in [1.807, 2.05) is 17.0 Å². The molecule has 0 spiro atoms. The van der Waals surface area contributed by atoms with E-state index in [1.54, 1.807) is 12.1 Å². The Labute approximate surface area is 123 Å². The van der Waals surface area contributed by atoms with Crippen LogP contribution in [0.4, 0.5) is 16.2 Å². The molecule has 2 saturated heterocycles. The number of nitrogens with two attached hydrogens (primary N) is 1. The van der Waals surface area contributed by atoms with Crippen molar-refractivity contribution in [3.8, 4) is 0 Å². The van der Waals surface area contributed by atoms with Gasteiger partial charge in [0.25, 0.3) is 0 Å². The Kier molecular flexibility index (Phi) is 3.68. The Morgan fingerprint density at radius 1 is 1.38 bits per heavy atom. The molecular formula is C15H20N4O2. The van der Waals surface area contributed by atoms with E-state index in [4.69, 9.17) is 5.73 Å². The van der Waals surface area contributed by atoms with Gasteiger partial charge in [0.15, 0.2) is 0 Å². The van der Waals surface area contributed by atoms with Gasteiger partial charge in [-0.05, 0) is 37.0 Å². The number of rotatable bonds is 1. The normalized spacial score (nSPS) is 25.0. The van der Waals surface area contributed by atoms with Gasteiger partial charge in [-0.25, -0.2) is 4.79 Å². The van der Waals surface area contributed by atoms with Gasteiger partial charge in [0, 0.05) is 36.9 Å². The van der Waals surface area contributed by atoms with Gasteiger partial charge in [-0.1, -0.05) is 6.07 Å². The van der Waals surface area contributed by atoms with E-state index in [2.05, 4.69) is 10.6 Å². The zero-order valence-electron chi connectivity index (χ0n) is 11.8. The predicted molar refractivity (Wildman–Crippen MR) is 80.7 cm³/mol. The smallest absolute Gasteiger partial charge is 0.321 e. The molecule has 2 unspecified atom stereocenters. The third-order valence-electron chi connectivity index (χ3n) is 4.25. The molecule has 3 rings (SSSR count). The molecule has 2 aliphatic rings. The number of hydrogen-bond acceptors (Lipinski definition) is 3. The van der Waals surface area contributed by atoms with Crippen LogP contribution >= 0.6 is 0 Å². The Bertz CT molecular complexity index is 560. The summed E-state index contributed by atoms with van der Waals surface area (Å²) in [6.07, 6.45) is 2.24. The summed E-state index contributed by atoms with van der Waals surface area (Å²) in [5, 5.41) is 5.90. The first-order valence-electron chi connectivity index (χ1n) is 7.32. The number of nitrogen functional groups attached to an aromatic ring is 1. The number of likely N-dealkylation sites (tertiary alicyclic amines) is 1. The molecule has 0 radical (unpaired) electrons. The first-order valence-corrected chi connectivity index (χ1v) is 7.32. The second-order valence-electron chi connectivity index (χ2n) is 5.76. The lowest BCUT2D eigenvalue weighted by atomic mass is 9.85. The molecule has 4 N–H and O–H groups in total. The van der Waals surface area contributed by atoms with Crippen molar-refractivity contribution in [2.45, 2.75) is 25.3 Å². The molecule has 2 heterocycles. The van der Waals surface area contributed by atoms with E-state index in [0.29, 0.717) is 36.8 Å². The lowest BCUT2D eigenvalue weighted by molar-refractivity contribution is -0.125. The fourth-order valence-electron chi connectivity index (χ4n) is 3.11. The highest BCUT2D eigenvalue weighted by molar-refractivity contribution is 5.90. The molecule has 1 aromatic rings. The highest BCUT2D eigenvalue weighted by Crippen LogP contribution is 2.25. The molecule has 6 heteroatoms. The maximum atomic E-state index is 12.3. The van der Waals surface area contributed by atoms with Crippen LogP contribution in [0, 0.1) is 5.92 Å². The Morgan fingerprint density at radius 2 is 2.24 bits per heavy atom. The number of anilines is 2. The average Bonchev–Trinajstić information content (AvgIpc) is 2.46. The number of piperidine rings is 2. The monoisotopic (exact) mass is 288 g/mol. The van der Waals surface area contributed by atoms with E-state index in [-0.39, 0.29) is 18.0 Å². The van der Waals surface area contributed by atoms with E-state index in [1.165, 1.54) is 0 Å². The summed E-state index contributed by atoms with van der Waals surface area (Å²) in [5.41, 5.74) is 7.04. The lowest BCUT2D eigenvalue weighted by Gasteiger charge is -2.41. The minimum absolute atomic E-state index is 0.101. The van der Waals surface area contributed by atoms with E-state index >= 15 is 0 Å². The summed E-state index contributed by atoms with van der Waals surface area (Å²) < 4.78 is 0. The summed E-state index contributed by atoms with van der Waals surface area (Å²) in [6, 6.07) is 7.28. The van der Waals surface area contributed by atoms with Gasteiger partial charge in [-0.3, -0.25) is 4.79 Å². The highest BCUT2D eigenvalue weighted by Gasteiger charge is 2.35. The maximum Gasteiger partial charge on any atom is 0.321 e. The van der Waals surface area contributed by atoms with Crippen LogP contribution in [0.2, 0.25) is 0 Å². The van der Waals surface area contributed by atoms with Gasteiger partial charge in [0.1, 0.15) is 0 Å². The third-order valence-corrected chi connectivity index (χ3v) is 4.25. The highest BCUT2D eigenvalue weighted by atomic mass is 16.2. The first kappa shape index (κ1) is 13.7. The number of carbonyl (C=O) groups is 2. The van der Waals surface area contributed by atoms with Crippen molar-refractivity contribution in [3.63, 3.8) is 0 Å². The van der Waals surface area contributed by atoms with E-state index in [9.17, 15) is 9.59 Å². The SMILES string of the molecule is Nc1cccc(NC(=O)N2CCC3NC(=O)CCC3C2)c1. The van der Waals surface area contributed by atoms with E-state index in [0.717, 1.165) is 12.8 Å². The van der Waals surface area contributed by atoms with Gasteiger partial charge < -0.3 is 21.3 Å². The lowest BCUT2D eigenvalue weighted by Crippen LogP contribution is -2.55. The number of urea groups is 1. The molecule has 0 bridgehead atoms. The van der Waals surface area contributed by atoms with Crippen LogP contribution in [-0.4, -0.2) is 36.0 Å². The zero-order valence-corrected chi connectivity index (χ0v) is 11.8. The van der Waals surface area contributed by atoms with Gasteiger partial charge in [-0.2, -0.15) is 0 Å². The molecule has 0 aromatic heterocycles. The Balaban J connectivity index is 1.60. The predicted octanol–water partition coefficient (Wildman–Crippen LogP) is 1.40. The number of nitrogens with zero attached hydrogens (tertiary/aromatic N) is 1. The van der Waals surface area contributed by atoms with Crippen molar-refractivity contribution < 1.29 is 9.59 Å². The maximum absolute atomic E-state index is 12.3. The van der Waals surface area contributed by atoms with Crippen LogP contribution in [0.15, 0.2) is 24.3 Å². The van der Waals surface area contributed by atoms with E-state index < -0.39 is 0 Å². The number of amides is 3. The van der Waals surface area contributed by atoms with Crippen molar-refractivity contribution in [2.75, 3.05) is 24.1 Å². The van der Waals surface area contributed by atoms with Gasteiger partial charge >= 0.3 is 6.03 Å². The molecule has 2 atom stereocenters. The number of hydrogen-bond donors (Lipinski definition) is 3. The largest absolute Gasteiger partial charge is 0.399 e. The molecule has 3 amide bonds. The molecule has 0 aliphatic carbocycles. The Morgan fingerprint density at radius 3 is 3.05 bits per heavy atom. The van der Waals surface area contributed by atoms with Crippen LogP contribution in [0.3, 0.4) is 0 Å². The summed E-state index contributed by atoms with van der Waals surface area (Å²) in [5.74, 6) is 0.497. The molecule has 112 valence electrons. The second kappa shape index (κ2) is 5.63. The summed E-state index contributed by atoms with van der Waals surface area (Å²) in [4.78, 5) is 25.5. The Hall–Kier alpha value is -2.24. The van der Waals surface area contributed by atoms with Crippen molar-refractivity contribution in [1.29, 1.82) is 0 Å². The third kappa shape index (κ3) is 3.09. The van der Waals surface area contributed by atoms with Gasteiger partial charge in [0.2, 0.25) is 5.91 Å². The number of fused-ring (bicyclic) bond motifs is 1. The van der Waals surface area contributed by atoms with Crippen LogP contribution < -0.4 is 16.4 Å². The number of benzene rings is 1. The van der Waals surface area contributed by atoms with Crippen LogP contribution in [-0.2, 0) is 4.79 Å². The molecular weight excluding hydrogens is 268 g/mol. The minimum atomic E-state index is -0.101. The minimum Gasteiger partial charge on any atom is -0.399 e. The van der Waals surface area contributed by atoms with Gasteiger partial charge in [0.05, 0.1) is 0 Å². The molecule has 2 aliphatic heterocycles. The van der Waals surface area contributed by atoms with Crippen molar-refractivity contribution in [2.24, 2.45) is 5.92 Å². The molecule has 2 fully saturated rings. The molecule has 6 nitrogen and oxygen atoms in total. The fourth-order valence-corrected chi connectivity index (χ4v) is 3.11. The number of carbonyl (C=O) groups excluding carboxylic acids is 2. The molecule has 1 aromatic carbocycles. The topological polar surface area (TPSA) is 87.5 Å². The van der Waals surface area contributed by atoms with Gasteiger partial charge in [-0.15, -0.1) is 0 Å². The summed E-state index contributed by atoms with van der Waals surface area (Å²) >= 11 is 0. The first-order chi connectivity index (χ1) is 10.1. The van der Waals surface area contributed by atoms with Crippen molar-refractivity contribution in [3.05, 3.63) is 24.3 Å².